The fourth-order valence-electron chi connectivity index (χ4n) is 5.42. The van der Waals surface area contributed by atoms with Gasteiger partial charge in [0.2, 0.25) is 11.8 Å². The Morgan fingerprint density at radius 1 is 1.16 bits per heavy atom. The van der Waals surface area contributed by atoms with E-state index in [2.05, 4.69) is 31.7 Å². The van der Waals surface area contributed by atoms with E-state index in [4.69, 9.17) is 15.2 Å². The number of aromatic nitrogens is 4. The van der Waals surface area contributed by atoms with Gasteiger partial charge in [0.1, 0.15) is 30.2 Å². The van der Waals surface area contributed by atoms with Crippen molar-refractivity contribution < 1.29 is 18.7 Å². The molecule has 11 nitrogen and oxygen atoms in total. The number of anilines is 4. The molecule has 0 aliphatic carbocycles. The first-order valence-corrected chi connectivity index (χ1v) is 14.4. The van der Waals surface area contributed by atoms with Gasteiger partial charge in [0.15, 0.2) is 17.3 Å². The van der Waals surface area contributed by atoms with Crippen LogP contribution < -0.4 is 25.4 Å². The fraction of sp³-hybridized carbons (Fsp3) is 0.212. The maximum atomic E-state index is 15.7. The summed E-state index contributed by atoms with van der Waals surface area (Å²) in [5, 5.41) is 3.47. The van der Waals surface area contributed by atoms with E-state index in [1.165, 1.54) is 18.5 Å². The maximum Gasteiger partial charge on any atom is 0.247 e. The van der Waals surface area contributed by atoms with Crippen molar-refractivity contribution in [3.05, 3.63) is 85.1 Å². The van der Waals surface area contributed by atoms with Crippen LogP contribution in [-0.2, 0) is 11.3 Å². The molecule has 3 aromatic heterocycles. The number of hydrogen-bond acceptors (Lipinski definition) is 9. The Bertz CT molecular complexity index is 1920. The minimum Gasteiger partial charge on any atom is -0.488 e. The largest absolute Gasteiger partial charge is 0.488 e. The van der Waals surface area contributed by atoms with Gasteiger partial charge < -0.3 is 34.9 Å². The lowest BCUT2D eigenvalue weighted by atomic mass is 10.0. The number of benzene rings is 2. The van der Waals surface area contributed by atoms with Gasteiger partial charge in [0.05, 0.1) is 16.8 Å². The van der Waals surface area contributed by atoms with Crippen molar-refractivity contribution in [1.29, 1.82) is 0 Å². The van der Waals surface area contributed by atoms with Crippen LogP contribution in [0.5, 0.6) is 17.4 Å². The SMILES string of the molecule is C=CC(=O)Nc1cccc(N2CCn3c2c(-c2ccc(Oc4cccc(C)n4)c(F)c2)c2c(N)ncnc23)c1OCCN(C)C. The van der Waals surface area contributed by atoms with E-state index >= 15 is 4.39 Å². The van der Waals surface area contributed by atoms with Crippen molar-refractivity contribution in [3.8, 4) is 28.5 Å². The molecule has 6 rings (SSSR count). The number of nitrogens with zero attached hydrogens (tertiary/aromatic N) is 6. The predicted octanol–water partition coefficient (Wildman–Crippen LogP) is 5.53. The molecule has 4 heterocycles. The lowest BCUT2D eigenvalue weighted by Gasteiger charge is -2.25. The Morgan fingerprint density at radius 2 is 1.98 bits per heavy atom. The summed E-state index contributed by atoms with van der Waals surface area (Å²) in [6.07, 6.45) is 2.63. The smallest absolute Gasteiger partial charge is 0.247 e. The number of carbonyl (C=O) groups is 1. The highest BCUT2D eigenvalue weighted by Crippen LogP contribution is 2.50. The van der Waals surface area contributed by atoms with Crippen molar-refractivity contribution in [2.24, 2.45) is 0 Å². The highest BCUT2D eigenvalue weighted by atomic mass is 19.1. The number of aryl methyl sites for hydroxylation is 1. The molecule has 0 saturated carbocycles. The molecule has 0 saturated heterocycles. The average Bonchev–Trinajstić information content (AvgIpc) is 3.58. The summed E-state index contributed by atoms with van der Waals surface area (Å²) in [5.41, 5.74) is 10.3. The Kier molecular flexibility index (Phi) is 8.05. The lowest BCUT2D eigenvalue weighted by molar-refractivity contribution is -0.111. The third-order valence-corrected chi connectivity index (χ3v) is 7.46. The number of ether oxygens (including phenoxy) is 2. The van der Waals surface area contributed by atoms with Crippen LogP contribution in [0.2, 0.25) is 0 Å². The Labute approximate surface area is 259 Å². The van der Waals surface area contributed by atoms with Gasteiger partial charge in [-0.3, -0.25) is 4.79 Å². The number of nitrogen functional groups attached to an aromatic ring is 1. The monoisotopic (exact) mass is 608 g/mol. The highest BCUT2D eigenvalue weighted by molar-refractivity contribution is 6.09. The number of hydrogen-bond donors (Lipinski definition) is 2. The van der Waals surface area contributed by atoms with E-state index in [0.29, 0.717) is 65.7 Å². The molecule has 45 heavy (non-hydrogen) atoms. The molecule has 1 aliphatic heterocycles. The number of pyridine rings is 1. The van der Waals surface area contributed by atoms with Crippen LogP contribution >= 0.6 is 0 Å². The second-order valence-electron chi connectivity index (χ2n) is 10.8. The first-order valence-electron chi connectivity index (χ1n) is 14.4. The molecule has 5 aromatic rings. The Hall–Kier alpha value is -5.49. The van der Waals surface area contributed by atoms with Crippen LogP contribution in [0.15, 0.2) is 73.6 Å². The first-order chi connectivity index (χ1) is 21.7. The number of halogens is 1. The molecule has 0 spiro atoms. The van der Waals surface area contributed by atoms with E-state index in [1.54, 1.807) is 30.3 Å². The number of para-hydroxylation sites is 1. The summed E-state index contributed by atoms with van der Waals surface area (Å²) in [7, 11) is 3.91. The Balaban J connectivity index is 1.48. The van der Waals surface area contributed by atoms with Crippen molar-refractivity contribution in [2.45, 2.75) is 13.5 Å². The summed E-state index contributed by atoms with van der Waals surface area (Å²) in [6, 6.07) is 15.6. The molecule has 12 heteroatoms. The molecule has 3 N–H and O–H groups in total. The van der Waals surface area contributed by atoms with Crippen LogP contribution in [0.1, 0.15) is 5.69 Å². The quantitative estimate of drug-likeness (QED) is 0.197. The summed E-state index contributed by atoms with van der Waals surface area (Å²) in [4.78, 5) is 29.6. The van der Waals surface area contributed by atoms with E-state index in [9.17, 15) is 4.79 Å². The zero-order valence-corrected chi connectivity index (χ0v) is 25.2. The summed E-state index contributed by atoms with van der Waals surface area (Å²) in [5.74, 6) is 0.935. The van der Waals surface area contributed by atoms with Crippen LogP contribution in [0.25, 0.3) is 22.2 Å². The van der Waals surface area contributed by atoms with E-state index < -0.39 is 5.82 Å². The molecule has 0 radical (unpaired) electrons. The van der Waals surface area contributed by atoms with E-state index in [-0.39, 0.29) is 17.5 Å². The summed E-state index contributed by atoms with van der Waals surface area (Å²) in [6.45, 7) is 7.59. The number of fused-ring (bicyclic) bond motifs is 3. The zero-order valence-electron chi connectivity index (χ0n) is 25.2. The molecule has 0 bridgehead atoms. The van der Waals surface area contributed by atoms with Gasteiger partial charge >= 0.3 is 0 Å². The van der Waals surface area contributed by atoms with Crippen LogP contribution in [-0.4, -0.2) is 64.1 Å². The van der Waals surface area contributed by atoms with Crippen LogP contribution in [0.4, 0.5) is 27.4 Å². The van der Waals surface area contributed by atoms with Gasteiger partial charge in [0, 0.05) is 37.0 Å². The van der Waals surface area contributed by atoms with Crippen LogP contribution in [0, 0.1) is 12.7 Å². The lowest BCUT2D eigenvalue weighted by Crippen LogP contribution is -2.22. The minimum atomic E-state index is -0.564. The van der Waals surface area contributed by atoms with E-state index in [1.807, 2.05) is 48.7 Å². The summed E-state index contributed by atoms with van der Waals surface area (Å²) < 4.78 is 29.8. The molecule has 230 valence electrons. The standard InChI is InChI=1S/C33H33FN8O3/c1-5-26(43)39-23-9-7-10-24(30(23)44-17-16-40(3)4)41-14-15-42-32-29(31(35)36-19-37-32)28(33(41)42)21-12-13-25(22(34)18-21)45-27-11-6-8-20(2)38-27/h5-13,18-19H,1,14-17H2,2-4H3,(H,39,43)(H2,35,36,37). The van der Waals surface area contributed by atoms with Crippen molar-refractivity contribution in [3.63, 3.8) is 0 Å². The average molecular weight is 609 g/mol. The summed E-state index contributed by atoms with van der Waals surface area (Å²) >= 11 is 0. The number of likely N-dealkylation sites (N-methyl/N-ethyl adjacent to an activating group) is 1. The number of nitrogens with two attached hydrogens (primary N) is 1. The molecule has 0 fully saturated rings. The fourth-order valence-corrected chi connectivity index (χ4v) is 5.42. The second kappa shape index (κ2) is 12.2. The number of amides is 1. The van der Waals surface area contributed by atoms with Gasteiger partial charge in [-0.25, -0.2) is 19.3 Å². The normalized spacial score (nSPS) is 12.4. The van der Waals surface area contributed by atoms with Gasteiger partial charge in [-0.05, 0) is 63.0 Å². The minimum absolute atomic E-state index is 0.0420. The van der Waals surface area contributed by atoms with Gasteiger partial charge in [-0.2, -0.15) is 0 Å². The number of carbonyl (C=O) groups excluding carboxylic acids is 1. The molecule has 1 amide bonds. The predicted molar refractivity (Wildman–Crippen MR) is 173 cm³/mol. The molecule has 1 aliphatic rings. The van der Waals surface area contributed by atoms with Gasteiger partial charge in [-0.1, -0.05) is 24.8 Å². The molecule has 2 aromatic carbocycles. The molecular weight excluding hydrogens is 575 g/mol. The van der Waals surface area contributed by atoms with Crippen molar-refractivity contribution >= 4 is 40.0 Å². The van der Waals surface area contributed by atoms with E-state index in [0.717, 1.165) is 17.2 Å². The zero-order chi connectivity index (χ0) is 31.7. The van der Waals surface area contributed by atoms with Crippen molar-refractivity contribution in [2.75, 3.05) is 49.7 Å². The van der Waals surface area contributed by atoms with Crippen molar-refractivity contribution in [1.82, 2.24) is 24.4 Å². The van der Waals surface area contributed by atoms with Gasteiger partial charge in [0.25, 0.3) is 0 Å². The highest BCUT2D eigenvalue weighted by Gasteiger charge is 2.33. The van der Waals surface area contributed by atoms with Crippen LogP contribution in [0.3, 0.4) is 0 Å². The first kappa shape index (κ1) is 29.6. The third-order valence-electron chi connectivity index (χ3n) is 7.46. The second-order valence-corrected chi connectivity index (χ2v) is 10.8. The van der Waals surface area contributed by atoms with Gasteiger partial charge in [-0.15, -0.1) is 0 Å². The Morgan fingerprint density at radius 3 is 2.73 bits per heavy atom. The number of nitrogens with one attached hydrogen (secondary N) is 1. The molecule has 0 atom stereocenters. The topological polar surface area (TPSA) is 124 Å². The molecule has 0 unspecified atom stereocenters. The number of rotatable bonds is 10. The maximum absolute atomic E-state index is 15.7. The molecular formula is C33H33FN8O3. The third kappa shape index (κ3) is 5.75.